The molecule has 0 unspecified atom stereocenters. The minimum absolute atomic E-state index is 0.232. The van der Waals surface area contributed by atoms with Crippen molar-refractivity contribution in [1.29, 1.82) is 0 Å². The molecule has 4 rings (SSSR count). The van der Waals surface area contributed by atoms with Gasteiger partial charge in [-0.3, -0.25) is 9.48 Å². The molecule has 1 amide bonds. The van der Waals surface area contributed by atoms with Crippen LogP contribution in [0.2, 0.25) is 0 Å². The molecule has 2 bridgehead atoms. The highest BCUT2D eigenvalue weighted by Gasteiger charge is 2.36. The van der Waals surface area contributed by atoms with E-state index in [2.05, 4.69) is 22.4 Å². The van der Waals surface area contributed by atoms with Gasteiger partial charge in [0.05, 0.1) is 6.89 Å². The van der Waals surface area contributed by atoms with E-state index in [1.807, 2.05) is 31.3 Å². The molecule has 2 saturated heterocycles. The van der Waals surface area contributed by atoms with Crippen LogP contribution in [0.3, 0.4) is 0 Å². The average molecular weight is 313 g/mol. The molecular formula is C18H24N4O. The van der Waals surface area contributed by atoms with E-state index in [0.717, 1.165) is 23.7 Å². The van der Waals surface area contributed by atoms with E-state index in [-0.39, 0.29) is 5.91 Å². The Morgan fingerprint density at radius 3 is 2.70 bits per heavy atom. The Bertz CT molecular complexity index is 772. The number of aryl methyl sites for hydroxylation is 1. The van der Waals surface area contributed by atoms with Crippen LogP contribution in [-0.4, -0.2) is 45.7 Å². The maximum absolute atomic E-state index is 12.8. The fourth-order valence-electron chi connectivity index (χ4n) is 4.14. The molecule has 2 aromatic rings. The average Bonchev–Trinajstić information content (AvgIpc) is 2.87. The van der Waals surface area contributed by atoms with E-state index in [1.165, 1.54) is 6.42 Å². The smallest absolute Gasteiger partial charge is 0.272 e. The van der Waals surface area contributed by atoms with E-state index in [0.29, 0.717) is 30.6 Å². The Hall–Kier alpha value is -1.88. The lowest BCUT2D eigenvalue weighted by atomic mass is 9.82. The van der Waals surface area contributed by atoms with Crippen LogP contribution in [0.25, 0.3) is 10.9 Å². The molecule has 5 nitrogen and oxygen atoms in total. The Morgan fingerprint density at radius 2 is 1.96 bits per heavy atom. The van der Waals surface area contributed by atoms with E-state index in [4.69, 9.17) is 1.37 Å². The molecule has 0 saturated carbocycles. The Morgan fingerprint density at radius 1 is 1.26 bits per heavy atom. The van der Waals surface area contributed by atoms with Gasteiger partial charge in [0.2, 0.25) is 0 Å². The molecule has 1 N–H and O–H groups in total. The lowest BCUT2D eigenvalue weighted by Gasteiger charge is -2.47. The molecule has 122 valence electrons. The van der Waals surface area contributed by atoms with Crippen molar-refractivity contribution in [2.45, 2.75) is 50.2 Å². The number of rotatable bonds is 2. The molecule has 5 heteroatoms. The third kappa shape index (κ3) is 2.53. The standard InChI is InChI=1S/C18H24N4O/c1-21-13-6-5-7-14(21)11-12(10-13)19-18(23)17-15-8-3-4-9-16(15)22(2)20-17/h3-4,8-9,12-14H,5-7,10-11H2,1-2H3,(H,19,23)/t13-,14-/m1/s1/i12D. The third-order valence-electron chi connectivity index (χ3n) is 5.45. The lowest BCUT2D eigenvalue weighted by molar-refractivity contribution is 0.0462. The summed E-state index contributed by atoms with van der Waals surface area (Å²) in [5.41, 5.74) is 1.35. The van der Waals surface area contributed by atoms with Gasteiger partial charge >= 0.3 is 0 Å². The Labute approximate surface area is 138 Å². The van der Waals surface area contributed by atoms with Crippen molar-refractivity contribution >= 4 is 16.8 Å². The second kappa shape index (κ2) is 5.64. The van der Waals surface area contributed by atoms with E-state index in [1.54, 1.807) is 4.68 Å². The van der Waals surface area contributed by atoms with Crippen LogP contribution in [0.4, 0.5) is 0 Å². The van der Waals surface area contributed by atoms with Crippen molar-refractivity contribution in [2.24, 2.45) is 7.05 Å². The minimum Gasteiger partial charge on any atom is -0.348 e. The molecule has 0 spiro atoms. The highest BCUT2D eigenvalue weighted by molar-refractivity contribution is 6.04. The molecule has 1 aromatic carbocycles. The van der Waals surface area contributed by atoms with Gasteiger partial charge in [0.1, 0.15) is 0 Å². The van der Waals surface area contributed by atoms with Gasteiger partial charge in [-0.05, 0) is 38.8 Å². The number of hydrogen-bond donors (Lipinski definition) is 1. The SMILES string of the molecule is [2H]C1(NC(=O)c2nn(C)c3ccccc23)C[C@H]2CCC[C@H](C1)N2C. The molecule has 2 aliphatic heterocycles. The van der Waals surface area contributed by atoms with Gasteiger partial charge < -0.3 is 10.2 Å². The lowest BCUT2D eigenvalue weighted by Crippen LogP contribution is -2.55. The fourth-order valence-corrected chi connectivity index (χ4v) is 4.14. The van der Waals surface area contributed by atoms with Gasteiger partial charge in [-0.25, -0.2) is 0 Å². The van der Waals surface area contributed by atoms with E-state index >= 15 is 0 Å². The summed E-state index contributed by atoms with van der Waals surface area (Å²) in [6.45, 7) is 0. The van der Waals surface area contributed by atoms with Crippen molar-refractivity contribution < 1.29 is 6.17 Å². The van der Waals surface area contributed by atoms with Crippen molar-refractivity contribution in [2.75, 3.05) is 7.05 Å². The van der Waals surface area contributed by atoms with Crippen LogP contribution in [0.1, 0.15) is 44.0 Å². The van der Waals surface area contributed by atoms with Gasteiger partial charge in [0.15, 0.2) is 5.69 Å². The van der Waals surface area contributed by atoms with Gasteiger partial charge in [-0.15, -0.1) is 0 Å². The predicted molar refractivity (Wildman–Crippen MR) is 90.4 cm³/mol. The topological polar surface area (TPSA) is 50.2 Å². The largest absolute Gasteiger partial charge is 0.348 e. The number of para-hydroxylation sites is 1. The van der Waals surface area contributed by atoms with Crippen LogP contribution in [0.15, 0.2) is 24.3 Å². The van der Waals surface area contributed by atoms with Crippen molar-refractivity contribution in [3.8, 4) is 0 Å². The zero-order valence-electron chi connectivity index (χ0n) is 14.7. The molecule has 2 atom stereocenters. The van der Waals surface area contributed by atoms with Crippen molar-refractivity contribution in [1.82, 2.24) is 20.0 Å². The van der Waals surface area contributed by atoms with Crippen LogP contribution < -0.4 is 5.32 Å². The molecule has 2 fully saturated rings. The summed E-state index contributed by atoms with van der Waals surface area (Å²) in [5, 5.41) is 8.22. The number of nitrogens with one attached hydrogen (secondary N) is 1. The van der Waals surface area contributed by atoms with Crippen LogP contribution in [-0.2, 0) is 7.05 Å². The number of piperidine rings is 2. The summed E-state index contributed by atoms with van der Waals surface area (Å²) in [6.07, 6.45) is 4.85. The molecule has 2 aliphatic rings. The molecular weight excluding hydrogens is 288 g/mol. The van der Waals surface area contributed by atoms with E-state index in [9.17, 15) is 4.79 Å². The van der Waals surface area contributed by atoms with Gasteiger partial charge in [0.25, 0.3) is 5.91 Å². The first-order valence-electron chi connectivity index (χ1n) is 8.93. The second-order valence-electron chi connectivity index (χ2n) is 6.86. The maximum atomic E-state index is 12.8. The molecule has 1 aromatic heterocycles. The summed E-state index contributed by atoms with van der Waals surface area (Å²) in [5.74, 6) is -0.232. The summed E-state index contributed by atoms with van der Waals surface area (Å²) < 4.78 is 10.5. The number of carbonyl (C=O) groups is 1. The monoisotopic (exact) mass is 313 g/mol. The number of fused-ring (bicyclic) bond motifs is 3. The molecule has 3 heterocycles. The van der Waals surface area contributed by atoms with Crippen molar-refractivity contribution in [3.05, 3.63) is 30.0 Å². The summed E-state index contributed by atoms with van der Waals surface area (Å²) >= 11 is 0. The van der Waals surface area contributed by atoms with E-state index < -0.39 is 6.02 Å². The Balaban J connectivity index is 1.59. The Kier molecular flexibility index (Phi) is 3.32. The highest BCUT2D eigenvalue weighted by Crippen LogP contribution is 2.32. The fraction of sp³-hybridized carbons (Fsp3) is 0.556. The first-order valence-corrected chi connectivity index (χ1v) is 8.43. The molecule has 23 heavy (non-hydrogen) atoms. The zero-order chi connectivity index (χ0) is 16.9. The first kappa shape index (κ1) is 13.5. The summed E-state index contributed by atoms with van der Waals surface area (Å²) in [6, 6.07) is 7.63. The van der Waals surface area contributed by atoms with Crippen LogP contribution in [0.5, 0.6) is 0 Å². The predicted octanol–water partition coefficient (Wildman–Crippen LogP) is 2.32. The third-order valence-corrected chi connectivity index (χ3v) is 5.45. The number of nitrogens with zero attached hydrogens (tertiary/aromatic N) is 3. The van der Waals surface area contributed by atoms with Gasteiger partial charge in [-0.2, -0.15) is 5.10 Å². The zero-order valence-corrected chi connectivity index (χ0v) is 13.7. The number of carbonyl (C=O) groups excluding carboxylic acids is 1. The molecule has 0 aliphatic carbocycles. The minimum atomic E-state index is -0.891. The second-order valence-corrected chi connectivity index (χ2v) is 6.86. The van der Waals surface area contributed by atoms with Crippen molar-refractivity contribution in [3.63, 3.8) is 0 Å². The highest BCUT2D eigenvalue weighted by atomic mass is 16.2. The van der Waals surface area contributed by atoms with Crippen LogP contribution >= 0.6 is 0 Å². The maximum Gasteiger partial charge on any atom is 0.272 e. The number of benzene rings is 1. The summed E-state index contributed by atoms with van der Waals surface area (Å²) in [7, 11) is 4.00. The molecule has 0 radical (unpaired) electrons. The normalized spacial score (nSPS) is 31.8. The number of aromatic nitrogens is 2. The van der Waals surface area contributed by atoms with Gasteiger partial charge in [0, 0.05) is 30.5 Å². The summed E-state index contributed by atoms with van der Waals surface area (Å²) in [4.78, 5) is 15.2. The number of hydrogen-bond acceptors (Lipinski definition) is 3. The number of amides is 1. The van der Waals surface area contributed by atoms with Crippen LogP contribution in [0, 0.1) is 0 Å². The van der Waals surface area contributed by atoms with Gasteiger partial charge in [-0.1, -0.05) is 24.6 Å². The quantitative estimate of drug-likeness (QED) is 0.926. The first-order chi connectivity index (χ1) is 11.5.